The molecule has 1 aliphatic rings. The van der Waals surface area contributed by atoms with Gasteiger partial charge in [0, 0.05) is 5.69 Å². The van der Waals surface area contributed by atoms with Crippen molar-refractivity contribution >= 4 is 0 Å². The molecule has 2 rings (SSSR count). The Morgan fingerprint density at radius 1 is 1.21 bits per heavy atom. The maximum atomic E-state index is 12.1. The number of aryl methyl sites for hydroxylation is 1. The Morgan fingerprint density at radius 2 is 1.93 bits per heavy atom. The number of fused-ring (bicyclic) bond motifs is 1. The van der Waals surface area contributed by atoms with Crippen LogP contribution in [0.1, 0.15) is 29.8 Å². The largest absolute Gasteiger partial charge is 0.394 e. The van der Waals surface area contributed by atoms with Gasteiger partial charge in [-0.2, -0.15) is 18.3 Å². The minimum absolute atomic E-state index is 0.187. The Bertz CT molecular complexity index is 327. The Hall–Kier alpha value is -1.00. The fourth-order valence-corrected chi connectivity index (χ4v) is 1.89. The number of halogens is 3. The number of aromatic amines is 1. The van der Waals surface area contributed by atoms with Crippen LogP contribution in [0.3, 0.4) is 0 Å². The highest BCUT2D eigenvalue weighted by molar-refractivity contribution is 5.28. The maximum Gasteiger partial charge on any atom is 0.394 e. The van der Waals surface area contributed by atoms with Crippen molar-refractivity contribution < 1.29 is 13.2 Å². The highest BCUT2D eigenvalue weighted by Gasteiger charge is 2.31. The van der Waals surface area contributed by atoms with E-state index in [1.54, 1.807) is 0 Å². The number of hydrogen-bond acceptors (Lipinski definition) is 1. The van der Waals surface area contributed by atoms with E-state index in [1.165, 1.54) is 0 Å². The number of rotatable bonds is 1. The fourth-order valence-electron chi connectivity index (χ4n) is 1.89. The van der Waals surface area contributed by atoms with Crippen LogP contribution in [0.4, 0.5) is 13.2 Å². The summed E-state index contributed by atoms with van der Waals surface area (Å²) in [4.78, 5) is 0. The number of nitrogens with one attached hydrogen (secondary N) is 1. The molecule has 1 heterocycles. The van der Waals surface area contributed by atoms with Gasteiger partial charge in [-0.1, -0.05) is 0 Å². The molecule has 1 aliphatic carbocycles. The van der Waals surface area contributed by atoms with E-state index in [4.69, 9.17) is 0 Å². The highest BCUT2D eigenvalue weighted by Crippen LogP contribution is 2.27. The molecule has 0 amide bonds. The van der Waals surface area contributed by atoms with Crippen molar-refractivity contribution in [2.75, 3.05) is 0 Å². The molecule has 2 nitrogen and oxygen atoms in total. The summed E-state index contributed by atoms with van der Waals surface area (Å²) < 4.78 is 36.4. The van der Waals surface area contributed by atoms with Gasteiger partial charge in [-0.25, -0.2) is 0 Å². The van der Waals surface area contributed by atoms with Gasteiger partial charge in [0.15, 0.2) is 0 Å². The van der Waals surface area contributed by atoms with Gasteiger partial charge in [0.2, 0.25) is 0 Å². The minimum atomic E-state index is -4.15. The van der Waals surface area contributed by atoms with E-state index in [9.17, 15) is 13.2 Å². The third-order valence-electron chi connectivity index (χ3n) is 2.51. The van der Waals surface area contributed by atoms with Gasteiger partial charge in [0.1, 0.15) is 0 Å². The molecule has 0 saturated heterocycles. The van der Waals surface area contributed by atoms with Gasteiger partial charge < -0.3 is 0 Å². The zero-order valence-electron chi connectivity index (χ0n) is 7.62. The Morgan fingerprint density at radius 3 is 2.64 bits per heavy atom. The lowest BCUT2D eigenvalue weighted by atomic mass is 9.95. The van der Waals surface area contributed by atoms with Crippen LogP contribution in [-0.4, -0.2) is 16.4 Å². The van der Waals surface area contributed by atoms with Crippen LogP contribution in [0, 0.1) is 0 Å². The molecule has 14 heavy (non-hydrogen) atoms. The monoisotopic (exact) mass is 204 g/mol. The van der Waals surface area contributed by atoms with E-state index in [2.05, 4.69) is 10.2 Å². The Labute approximate surface area is 79.5 Å². The molecule has 0 aromatic carbocycles. The van der Waals surface area contributed by atoms with Crippen LogP contribution in [0.5, 0.6) is 0 Å². The molecule has 0 saturated carbocycles. The maximum absolute atomic E-state index is 12.1. The predicted octanol–water partition coefficient (Wildman–Crippen LogP) is 2.39. The molecule has 0 aliphatic heterocycles. The first-order valence-electron chi connectivity index (χ1n) is 4.68. The lowest BCUT2D eigenvalue weighted by Gasteiger charge is -2.11. The molecule has 0 spiro atoms. The molecule has 0 radical (unpaired) electrons. The summed E-state index contributed by atoms with van der Waals surface area (Å²) in [6.45, 7) is 0. The van der Waals surface area contributed by atoms with Crippen LogP contribution >= 0.6 is 0 Å². The third-order valence-corrected chi connectivity index (χ3v) is 2.51. The van der Waals surface area contributed by atoms with Crippen molar-refractivity contribution in [3.63, 3.8) is 0 Å². The van der Waals surface area contributed by atoms with Crippen LogP contribution in [0.2, 0.25) is 0 Å². The molecular formula is C9H11F3N2. The first kappa shape index (κ1) is 9.55. The van der Waals surface area contributed by atoms with Gasteiger partial charge >= 0.3 is 6.18 Å². The molecule has 1 aromatic rings. The summed E-state index contributed by atoms with van der Waals surface area (Å²) in [5, 5.41) is 6.44. The third kappa shape index (κ3) is 1.91. The zero-order valence-corrected chi connectivity index (χ0v) is 7.62. The summed E-state index contributed by atoms with van der Waals surface area (Å²) in [6.07, 6.45) is -1.48. The average molecular weight is 204 g/mol. The molecule has 0 atom stereocenters. The van der Waals surface area contributed by atoms with E-state index >= 15 is 0 Å². The lowest BCUT2D eigenvalue weighted by molar-refractivity contribution is -0.128. The smallest absolute Gasteiger partial charge is 0.282 e. The number of H-pyrrole nitrogens is 1. The van der Waals surface area contributed by atoms with Crippen molar-refractivity contribution in [1.29, 1.82) is 0 Å². The molecule has 0 unspecified atom stereocenters. The normalized spacial score (nSPS) is 16.8. The zero-order chi connectivity index (χ0) is 10.2. The second-order valence-electron chi connectivity index (χ2n) is 3.63. The van der Waals surface area contributed by atoms with Crippen LogP contribution in [0.25, 0.3) is 0 Å². The second kappa shape index (κ2) is 3.29. The summed E-state index contributed by atoms with van der Waals surface area (Å²) >= 11 is 0. The standard InChI is InChI=1S/C9H11F3N2/c10-9(11,12)5-8-6-3-1-2-4-7(6)13-14-8/h1-5H2,(H,13,14). The van der Waals surface area contributed by atoms with Crippen LogP contribution in [0.15, 0.2) is 0 Å². The molecule has 0 fully saturated rings. The van der Waals surface area contributed by atoms with E-state index in [1.807, 2.05) is 0 Å². The molecular weight excluding hydrogens is 193 g/mol. The van der Waals surface area contributed by atoms with Crippen molar-refractivity contribution in [3.05, 3.63) is 17.0 Å². The van der Waals surface area contributed by atoms with Crippen LogP contribution < -0.4 is 0 Å². The number of aromatic nitrogens is 2. The van der Waals surface area contributed by atoms with Crippen LogP contribution in [-0.2, 0) is 19.3 Å². The minimum Gasteiger partial charge on any atom is -0.282 e. The predicted molar refractivity (Wildman–Crippen MR) is 45.0 cm³/mol. The Balaban J connectivity index is 2.22. The molecule has 5 heteroatoms. The van der Waals surface area contributed by atoms with Gasteiger partial charge in [0.25, 0.3) is 0 Å². The van der Waals surface area contributed by atoms with Crippen molar-refractivity contribution in [1.82, 2.24) is 10.2 Å². The van der Waals surface area contributed by atoms with Gasteiger partial charge in [0.05, 0.1) is 12.1 Å². The van der Waals surface area contributed by atoms with Gasteiger partial charge in [-0.15, -0.1) is 0 Å². The average Bonchev–Trinajstić information content (AvgIpc) is 2.47. The quantitative estimate of drug-likeness (QED) is 0.747. The van der Waals surface area contributed by atoms with E-state index < -0.39 is 12.6 Å². The van der Waals surface area contributed by atoms with Gasteiger partial charge in [-0.3, -0.25) is 5.10 Å². The second-order valence-corrected chi connectivity index (χ2v) is 3.63. The number of alkyl halides is 3. The first-order valence-corrected chi connectivity index (χ1v) is 4.68. The van der Waals surface area contributed by atoms with Crippen molar-refractivity contribution in [3.8, 4) is 0 Å². The van der Waals surface area contributed by atoms with E-state index in [0.717, 1.165) is 36.9 Å². The highest BCUT2D eigenvalue weighted by atomic mass is 19.4. The van der Waals surface area contributed by atoms with Crippen molar-refractivity contribution in [2.24, 2.45) is 0 Å². The number of hydrogen-bond donors (Lipinski definition) is 1. The van der Waals surface area contributed by atoms with Crippen molar-refractivity contribution in [2.45, 2.75) is 38.3 Å². The SMILES string of the molecule is FC(F)(F)Cc1n[nH]c2c1CCCC2. The summed E-state index contributed by atoms with van der Waals surface area (Å²) in [5.41, 5.74) is 1.89. The summed E-state index contributed by atoms with van der Waals surface area (Å²) in [7, 11) is 0. The first-order chi connectivity index (χ1) is 6.56. The van der Waals surface area contributed by atoms with Gasteiger partial charge in [-0.05, 0) is 31.2 Å². The summed E-state index contributed by atoms with van der Waals surface area (Å²) in [6, 6.07) is 0. The molecule has 1 aromatic heterocycles. The number of nitrogens with zero attached hydrogens (tertiary/aromatic N) is 1. The molecule has 1 N–H and O–H groups in total. The molecule has 0 bridgehead atoms. The topological polar surface area (TPSA) is 28.7 Å². The lowest BCUT2D eigenvalue weighted by Crippen LogP contribution is -2.14. The van der Waals surface area contributed by atoms with E-state index in [0.29, 0.717) is 0 Å². The molecule has 78 valence electrons. The summed E-state index contributed by atoms with van der Waals surface area (Å²) in [5.74, 6) is 0. The van der Waals surface area contributed by atoms with E-state index in [-0.39, 0.29) is 5.69 Å². The Kier molecular flexibility index (Phi) is 2.25. The fraction of sp³-hybridized carbons (Fsp3) is 0.667.